The van der Waals surface area contributed by atoms with Crippen LogP contribution in [0.15, 0.2) is 28.7 Å². The highest BCUT2D eigenvalue weighted by Gasteiger charge is 2.19. The van der Waals surface area contributed by atoms with Gasteiger partial charge in [-0.2, -0.15) is 0 Å². The van der Waals surface area contributed by atoms with Crippen molar-refractivity contribution in [3.05, 3.63) is 49.9 Å². The average Bonchev–Trinajstić information content (AvgIpc) is 2.83. The van der Waals surface area contributed by atoms with Gasteiger partial charge < -0.3 is 10.4 Å². The minimum Gasteiger partial charge on any atom is -0.477 e. The Kier molecular flexibility index (Phi) is 5.31. The molecule has 0 aliphatic rings. The zero-order valence-corrected chi connectivity index (χ0v) is 14.5. The van der Waals surface area contributed by atoms with Crippen LogP contribution in [0, 0.1) is 6.92 Å². The van der Waals surface area contributed by atoms with Gasteiger partial charge in [0, 0.05) is 4.47 Å². The number of nitrogens with zero attached hydrogens (tertiary/aromatic N) is 1. The summed E-state index contributed by atoms with van der Waals surface area (Å²) in [5.74, 6) is -1.12. The van der Waals surface area contributed by atoms with E-state index in [2.05, 4.69) is 26.2 Å². The Bertz CT molecular complexity index is 697. The van der Waals surface area contributed by atoms with Crippen LogP contribution < -0.4 is 5.32 Å². The minimum atomic E-state index is -0.991. The van der Waals surface area contributed by atoms with E-state index in [1.165, 1.54) is 0 Å². The van der Waals surface area contributed by atoms with Crippen LogP contribution in [0.4, 0.5) is 0 Å². The van der Waals surface area contributed by atoms with Gasteiger partial charge in [0.15, 0.2) is 0 Å². The number of hydrogen-bond acceptors (Lipinski definition) is 4. The van der Waals surface area contributed by atoms with E-state index in [4.69, 9.17) is 5.11 Å². The summed E-state index contributed by atoms with van der Waals surface area (Å²) < 4.78 is 0.962. The number of aryl methyl sites for hydroxylation is 1. The van der Waals surface area contributed by atoms with E-state index in [9.17, 15) is 9.59 Å². The van der Waals surface area contributed by atoms with Crippen LogP contribution in [-0.2, 0) is 11.2 Å². The molecule has 1 amide bonds. The molecule has 1 aromatic heterocycles. The number of hydrogen-bond donors (Lipinski definition) is 2. The standard InChI is InChI=1S/C15H15BrN2O3S/c1-8-13(15(20)21)22-14(18-8)9(2)17-12(19)7-10-3-5-11(16)6-4-10/h3-6,9H,7H2,1-2H3,(H,17,19)(H,20,21). The Morgan fingerprint density at radius 1 is 1.36 bits per heavy atom. The molecule has 2 rings (SSSR count). The molecule has 7 heteroatoms. The molecular formula is C15H15BrN2O3S. The number of benzene rings is 1. The monoisotopic (exact) mass is 382 g/mol. The van der Waals surface area contributed by atoms with E-state index in [1.807, 2.05) is 24.3 Å². The number of aromatic carboxylic acids is 1. The lowest BCUT2D eigenvalue weighted by molar-refractivity contribution is -0.121. The maximum absolute atomic E-state index is 12.0. The summed E-state index contributed by atoms with van der Waals surface area (Å²) in [6.45, 7) is 3.45. The van der Waals surface area contributed by atoms with Gasteiger partial charge in [0.1, 0.15) is 9.88 Å². The summed E-state index contributed by atoms with van der Waals surface area (Å²) in [5.41, 5.74) is 1.39. The second kappa shape index (κ2) is 7.02. The molecule has 0 bridgehead atoms. The van der Waals surface area contributed by atoms with Crippen molar-refractivity contribution in [1.29, 1.82) is 0 Å². The number of halogens is 1. The Morgan fingerprint density at radius 2 is 2.00 bits per heavy atom. The van der Waals surface area contributed by atoms with Gasteiger partial charge in [-0.15, -0.1) is 11.3 Å². The molecule has 1 atom stereocenters. The lowest BCUT2D eigenvalue weighted by atomic mass is 10.1. The highest BCUT2D eigenvalue weighted by atomic mass is 79.9. The van der Waals surface area contributed by atoms with Gasteiger partial charge in [0.05, 0.1) is 18.2 Å². The molecule has 0 radical (unpaired) electrons. The first-order valence-corrected chi connectivity index (χ1v) is 8.22. The van der Waals surface area contributed by atoms with Crippen LogP contribution in [0.2, 0.25) is 0 Å². The highest BCUT2D eigenvalue weighted by molar-refractivity contribution is 9.10. The molecule has 0 saturated carbocycles. The van der Waals surface area contributed by atoms with Crippen LogP contribution in [0.3, 0.4) is 0 Å². The second-order valence-electron chi connectivity index (χ2n) is 4.86. The zero-order chi connectivity index (χ0) is 16.3. The molecule has 0 spiro atoms. The lowest BCUT2D eigenvalue weighted by Gasteiger charge is -2.11. The third kappa shape index (κ3) is 4.14. The number of carbonyl (C=O) groups excluding carboxylic acids is 1. The molecular weight excluding hydrogens is 368 g/mol. The van der Waals surface area contributed by atoms with Crippen molar-refractivity contribution < 1.29 is 14.7 Å². The van der Waals surface area contributed by atoms with E-state index in [0.29, 0.717) is 10.7 Å². The number of amides is 1. The number of carboxylic acids is 1. The molecule has 1 aromatic carbocycles. The van der Waals surface area contributed by atoms with Gasteiger partial charge in [-0.3, -0.25) is 4.79 Å². The first-order chi connectivity index (χ1) is 10.4. The third-order valence-corrected chi connectivity index (χ3v) is 4.89. The highest BCUT2D eigenvalue weighted by Crippen LogP contribution is 2.23. The van der Waals surface area contributed by atoms with Gasteiger partial charge in [0.2, 0.25) is 5.91 Å². The van der Waals surface area contributed by atoms with Crippen LogP contribution in [0.5, 0.6) is 0 Å². The van der Waals surface area contributed by atoms with E-state index in [0.717, 1.165) is 21.4 Å². The maximum atomic E-state index is 12.0. The number of nitrogens with one attached hydrogen (secondary N) is 1. The Hall–Kier alpha value is -1.73. The van der Waals surface area contributed by atoms with Gasteiger partial charge in [0.25, 0.3) is 0 Å². The van der Waals surface area contributed by atoms with Crippen molar-refractivity contribution >= 4 is 39.1 Å². The normalized spacial score (nSPS) is 12.0. The van der Waals surface area contributed by atoms with Gasteiger partial charge in [-0.05, 0) is 31.5 Å². The smallest absolute Gasteiger partial charge is 0.347 e. The van der Waals surface area contributed by atoms with Gasteiger partial charge in [-0.25, -0.2) is 9.78 Å². The fourth-order valence-corrected chi connectivity index (χ4v) is 3.12. The molecule has 0 aliphatic heterocycles. The lowest BCUT2D eigenvalue weighted by Crippen LogP contribution is -2.28. The number of rotatable bonds is 5. The predicted octanol–water partition coefficient (Wildman–Crippen LogP) is 3.33. The van der Waals surface area contributed by atoms with Gasteiger partial charge >= 0.3 is 5.97 Å². The number of carboxylic acid groups (broad SMARTS) is 1. The van der Waals surface area contributed by atoms with Crippen LogP contribution in [0.25, 0.3) is 0 Å². The van der Waals surface area contributed by atoms with Crippen molar-refractivity contribution in [2.75, 3.05) is 0 Å². The summed E-state index contributed by atoms with van der Waals surface area (Å²) in [7, 11) is 0. The molecule has 5 nitrogen and oxygen atoms in total. The van der Waals surface area contributed by atoms with Crippen LogP contribution in [0.1, 0.15) is 38.9 Å². The van der Waals surface area contributed by atoms with E-state index in [-0.39, 0.29) is 23.2 Å². The average molecular weight is 383 g/mol. The molecule has 0 aliphatic carbocycles. The van der Waals surface area contributed by atoms with Crippen molar-refractivity contribution in [2.45, 2.75) is 26.3 Å². The maximum Gasteiger partial charge on any atom is 0.347 e. The largest absolute Gasteiger partial charge is 0.477 e. The first-order valence-electron chi connectivity index (χ1n) is 6.61. The van der Waals surface area contributed by atoms with E-state index in [1.54, 1.807) is 13.8 Å². The molecule has 1 unspecified atom stereocenters. The Balaban J connectivity index is 2.00. The first kappa shape index (κ1) is 16.6. The summed E-state index contributed by atoms with van der Waals surface area (Å²) in [6, 6.07) is 7.21. The number of thiazole rings is 1. The van der Waals surface area contributed by atoms with Crippen molar-refractivity contribution in [3.63, 3.8) is 0 Å². The van der Waals surface area contributed by atoms with Gasteiger partial charge in [-0.1, -0.05) is 28.1 Å². The molecule has 0 saturated heterocycles. The van der Waals surface area contributed by atoms with Crippen LogP contribution in [-0.4, -0.2) is 22.0 Å². The second-order valence-corrected chi connectivity index (χ2v) is 6.81. The summed E-state index contributed by atoms with van der Waals surface area (Å²) in [5, 5.41) is 12.5. The minimum absolute atomic E-state index is 0.125. The van der Waals surface area contributed by atoms with E-state index >= 15 is 0 Å². The van der Waals surface area contributed by atoms with Crippen molar-refractivity contribution in [2.24, 2.45) is 0 Å². The molecule has 1 heterocycles. The van der Waals surface area contributed by atoms with Crippen molar-refractivity contribution in [3.8, 4) is 0 Å². The topological polar surface area (TPSA) is 79.3 Å². The SMILES string of the molecule is Cc1nc(C(C)NC(=O)Cc2ccc(Br)cc2)sc1C(=O)O. The third-order valence-electron chi connectivity index (χ3n) is 3.03. The summed E-state index contributed by atoms with van der Waals surface area (Å²) in [6.07, 6.45) is 0.272. The molecule has 22 heavy (non-hydrogen) atoms. The van der Waals surface area contributed by atoms with Crippen molar-refractivity contribution in [1.82, 2.24) is 10.3 Å². The molecule has 0 fully saturated rings. The summed E-state index contributed by atoms with van der Waals surface area (Å²) >= 11 is 4.44. The molecule has 2 N–H and O–H groups in total. The summed E-state index contributed by atoms with van der Waals surface area (Å²) in [4.78, 5) is 27.5. The predicted molar refractivity (Wildman–Crippen MR) is 88.2 cm³/mol. The van der Waals surface area contributed by atoms with Crippen LogP contribution >= 0.6 is 27.3 Å². The number of carbonyl (C=O) groups is 2. The van der Waals surface area contributed by atoms with E-state index < -0.39 is 5.97 Å². The fourth-order valence-electron chi connectivity index (χ4n) is 1.94. The Morgan fingerprint density at radius 3 is 2.55 bits per heavy atom. The molecule has 2 aromatic rings. The molecule has 116 valence electrons. The quantitative estimate of drug-likeness (QED) is 0.830. The fraction of sp³-hybridized carbons (Fsp3) is 0.267. The number of aromatic nitrogens is 1. The zero-order valence-electron chi connectivity index (χ0n) is 12.1. The Labute approximate surface area is 140 Å².